The molecule has 0 radical (unpaired) electrons. The molecule has 1 fully saturated rings. The van der Waals surface area contributed by atoms with Crippen LogP contribution in [0.25, 0.3) is 0 Å². The zero-order valence-corrected chi connectivity index (χ0v) is 9.48. The zero-order chi connectivity index (χ0) is 12.3. The molecule has 6 nitrogen and oxygen atoms in total. The minimum Gasteiger partial charge on any atom is -0.397 e. The number of nitrogens with one attached hydrogen (secondary N) is 1. The van der Waals surface area contributed by atoms with Gasteiger partial charge in [-0.2, -0.15) is 0 Å². The summed E-state index contributed by atoms with van der Waals surface area (Å²) in [6.45, 7) is 2.92. The molecule has 0 saturated carbocycles. The first-order valence-electron chi connectivity index (χ1n) is 5.45. The number of nitrogen functional groups attached to an aromatic ring is 1. The number of anilines is 2. The molecule has 0 spiro atoms. The monoisotopic (exact) mass is 236 g/mol. The van der Waals surface area contributed by atoms with E-state index in [9.17, 15) is 4.79 Å². The molecule has 0 bridgehead atoms. The quantitative estimate of drug-likeness (QED) is 0.644. The molecule has 1 aromatic rings. The fraction of sp³-hybridized carbons (Fsp3) is 0.364. The van der Waals surface area contributed by atoms with Crippen molar-refractivity contribution in [2.24, 2.45) is 5.73 Å². The number of hydrogen-bond acceptors (Lipinski definition) is 5. The molecule has 0 atom stereocenters. The smallest absolute Gasteiger partial charge is 0.248 e. The van der Waals surface area contributed by atoms with E-state index in [1.165, 1.54) is 0 Å². The Bertz CT molecular complexity index is 416. The molecule has 6 heteroatoms. The van der Waals surface area contributed by atoms with Crippen molar-refractivity contribution in [3.05, 3.63) is 23.8 Å². The van der Waals surface area contributed by atoms with E-state index in [1.807, 2.05) is 5.01 Å². The minimum absolute atomic E-state index is 0.440. The lowest BCUT2D eigenvalue weighted by molar-refractivity contribution is 0.0497. The maximum Gasteiger partial charge on any atom is 0.248 e. The van der Waals surface area contributed by atoms with Gasteiger partial charge >= 0.3 is 0 Å². The summed E-state index contributed by atoms with van der Waals surface area (Å²) in [7, 11) is 0. The van der Waals surface area contributed by atoms with Crippen LogP contribution >= 0.6 is 0 Å². The summed E-state index contributed by atoms with van der Waals surface area (Å²) in [4.78, 5) is 11.1. The first-order valence-corrected chi connectivity index (χ1v) is 5.45. The second-order valence-electron chi connectivity index (χ2n) is 3.88. The number of ether oxygens (including phenoxy) is 1. The number of morpholine rings is 1. The highest BCUT2D eigenvalue weighted by Crippen LogP contribution is 2.20. The second-order valence-corrected chi connectivity index (χ2v) is 3.88. The van der Waals surface area contributed by atoms with E-state index in [2.05, 4.69) is 5.43 Å². The van der Waals surface area contributed by atoms with E-state index in [4.69, 9.17) is 16.2 Å². The maximum atomic E-state index is 11.1. The van der Waals surface area contributed by atoms with Gasteiger partial charge in [-0.25, -0.2) is 5.01 Å². The molecular weight excluding hydrogens is 220 g/mol. The Hall–Kier alpha value is -1.79. The molecular formula is C11H16N4O2. The van der Waals surface area contributed by atoms with Crippen LogP contribution in [0.3, 0.4) is 0 Å². The van der Waals surface area contributed by atoms with Crippen LogP contribution in [-0.2, 0) is 4.74 Å². The molecule has 1 aliphatic rings. The van der Waals surface area contributed by atoms with Crippen LogP contribution in [0.5, 0.6) is 0 Å². The highest BCUT2D eigenvalue weighted by molar-refractivity contribution is 5.94. The lowest BCUT2D eigenvalue weighted by Crippen LogP contribution is -2.40. The van der Waals surface area contributed by atoms with E-state index in [0.29, 0.717) is 30.2 Å². The molecule has 0 unspecified atom stereocenters. The van der Waals surface area contributed by atoms with Crippen LogP contribution in [0.4, 0.5) is 11.4 Å². The van der Waals surface area contributed by atoms with Crippen molar-refractivity contribution in [1.29, 1.82) is 0 Å². The SMILES string of the molecule is NC(=O)c1ccc(N)c(NN2CCOCC2)c1. The van der Waals surface area contributed by atoms with Crippen LogP contribution in [0, 0.1) is 0 Å². The van der Waals surface area contributed by atoms with Gasteiger partial charge in [0.25, 0.3) is 0 Å². The summed E-state index contributed by atoms with van der Waals surface area (Å²) < 4.78 is 5.24. The van der Waals surface area contributed by atoms with Crippen molar-refractivity contribution in [1.82, 2.24) is 5.01 Å². The lowest BCUT2D eigenvalue weighted by Gasteiger charge is -2.28. The van der Waals surface area contributed by atoms with Gasteiger partial charge in [-0.15, -0.1) is 0 Å². The largest absolute Gasteiger partial charge is 0.397 e. The summed E-state index contributed by atoms with van der Waals surface area (Å²) in [5, 5.41) is 2.00. The normalized spacial score (nSPS) is 16.7. The van der Waals surface area contributed by atoms with Crippen LogP contribution < -0.4 is 16.9 Å². The molecule has 2 rings (SSSR count). The van der Waals surface area contributed by atoms with Crippen molar-refractivity contribution < 1.29 is 9.53 Å². The summed E-state index contributed by atoms with van der Waals surface area (Å²) in [6.07, 6.45) is 0. The summed E-state index contributed by atoms with van der Waals surface area (Å²) in [6, 6.07) is 4.94. The topological polar surface area (TPSA) is 93.6 Å². The van der Waals surface area contributed by atoms with Gasteiger partial charge in [0, 0.05) is 18.7 Å². The molecule has 1 saturated heterocycles. The number of hydrazine groups is 1. The predicted octanol–water partition coefficient (Wildman–Crippen LogP) is 0.0268. The number of carbonyl (C=O) groups excluding carboxylic acids is 1. The number of hydrogen-bond donors (Lipinski definition) is 3. The third kappa shape index (κ3) is 2.86. The van der Waals surface area contributed by atoms with Crippen molar-refractivity contribution in [2.45, 2.75) is 0 Å². The van der Waals surface area contributed by atoms with Crippen molar-refractivity contribution >= 4 is 17.3 Å². The third-order valence-corrected chi connectivity index (χ3v) is 2.63. The van der Waals surface area contributed by atoms with Gasteiger partial charge < -0.3 is 21.6 Å². The Labute approximate surface area is 99.5 Å². The number of nitrogens with two attached hydrogens (primary N) is 2. The number of benzene rings is 1. The van der Waals surface area contributed by atoms with E-state index in [-0.39, 0.29) is 0 Å². The summed E-state index contributed by atoms with van der Waals surface area (Å²) in [5.74, 6) is -0.463. The van der Waals surface area contributed by atoms with Gasteiger partial charge in [0.05, 0.1) is 24.6 Å². The Balaban J connectivity index is 2.13. The molecule has 1 heterocycles. The average molecular weight is 236 g/mol. The number of nitrogens with zero attached hydrogens (tertiary/aromatic N) is 1. The fourth-order valence-electron chi connectivity index (χ4n) is 1.65. The average Bonchev–Trinajstić information content (AvgIpc) is 2.33. The molecule has 17 heavy (non-hydrogen) atoms. The van der Waals surface area contributed by atoms with E-state index in [0.717, 1.165) is 13.1 Å². The zero-order valence-electron chi connectivity index (χ0n) is 9.48. The summed E-state index contributed by atoms with van der Waals surface area (Å²) in [5.41, 5.74) is 15.9. The molecule has 0 aliphatic carbocycles. The number of amides is 1. The predicted molar refractivity (Wildman–Crippen MR) is 65.4 cm³/mol. The van der Waals surface area contributed by atoms with Crippen molar-refractivity contribution in [3.63, 3.8) is 0 Å². The van der Waals surface area contributed by atoms with Crippen molar-refractivity contribution in [3.8, 4) is 0 Å². The number of carbonyl (C=O) groups is 1. The van der Waals surface area contributed by atoms with Crippen LogP contribution in [0.2, 0.25) is 0 Å². The molecule has 0 aromatic heterocycles. The highest BCUT2D eigenvalue weighted by atomic mass is 16.5. The number of primary amides is 1. The molecule has 1 amide bonds. The van der Waals surface area contributed by atoms with Gasteiger partial charge in [0.2, 0.25) is 5.91 Å². The third-order valence-electron chi connectivity index (χ3n) is 2.63. The van der Waals surface area contributed by atoms with E-state index in [1.54, 1.807) is 18.2 Å². The van der Waals surface area contributed by atoms with Gasteiger partial charge in [-0.3, -0.25) is 4.79 Å². The molecule has 1 aromatic carbocycles. The second kappa shape index (κ2) is 5.03. The maximum absolute atomic E-state index is 11.1. The van der Waals surface area contributed by atoms with Gasteiger partial charge in [-0.05, 0) is 18.2 Å². The highest BCUT2D eigenvalue weighted by Gasteiger charge is 2.12. The van der Waals surface area contributed by atoms with Crippen molar-refractivity contribution in [2.75, 3.05) is 37.5 Å². The van der Waals surface area contributed by atoms with Gasteiger partial charge in [0.15, 0.2) is 0 Å². The number of rotatable bonds is 3. The standard InChI is InChI=1S/C11H16N4O2/c12-9-2-1-8(11(13)16)7-10(9)14-15-3-5-17-6-4-15/h1-2,7,14H,3-6,12H2,(H2,13,16). The Kier molecular flexibility index (Phi) is 3.46. The van der Waals surface area contributed by atoms with Gasteiger partial charge in [0.1, 0.15) is 0 Å². The summed E-state index contributed by atoms with van der Waals surface area (Å²) >= 11 is 0. The van der Waals surface area contributed by atoms with Crippen LogP contribution in [-0.4, -0.2) is 37.2 Å². The van der Waals surface area contributed by atoms with E-state index < -0.39 is 5.91 Å². The first-order chi connectivity index (χ1) is 8.16. The van der Waals surface area contributed by atoms with Crippen LogP contribution in [0.15, 0.2) is 18.2 Å². The van der Waals surface area contributed by atoms with Crippen LogP contribution in [0.1, 0.15) is 10.4 Å². The lowest BCUT2D eigenvalue weighted by atomic mass is 10.1. The van der Waals surface area contributed by atoms with E-state index >= 15 is 0 Å². The molecule has 1 aliphatic heterocycles. The first kappa shape index (κ1) is 11.7. The fourth-order valence-corrected chi connectivity index (χ4v) is 1.65. The Morgan fingerprint density at radius 1 is 1.35 bits per heavy atom. The Morgan fingerprint density at radius 3 is 2.71 bits per heavy atom. The van der Waals surface area contributed by atoms with Gasteiger partial charge in [-0.1, -0.05) is 0 Å². The Morgan fingerprint density at radius 2 is 2.06 bits per heavy atom. The molecule has 5 N–H and O–H groups in total. The molecule has 92 valence electrons. The minimum atomic E-state index is -0.463.